The van der Waals surface area contributed by atoms with Crippen LogP contribution in [-0.2, 0) is 23.8 Å². The number of nitrogens with one attached hydrogen (secondary N) is 1. The average Bonchev–Trinajstić information content (AvgIpc) is 3.58. The summed E-state index contributed by atoms with van der Waals surface area (Å²) in [5.41, 5.74) is 0. The van der Waals surface area contributed by atoms with Crippen molar-refractivity contribution in [1.29, 1.82) is 0 Å². The number of unbranched alkanes of at least 4 members (excludes halogenated alkanes) is 26. The summed E-state index contributed by atoms with van der Waals surface area (Å²) in [5.74, 6) is -1.26. The predicted molar refractivity (Wildman–Crippen MR) is 347 cm³/mol. The van der Waals surface area contributed by atoms with E-state index < -0.39 is 67.4 Å². The van der Waals surface area contributed by atoms with Crippen LogP contribution < -0.4 is 5.32 Å². The van der Waals surface area contributed by atoms with Gasteiger partial charge in [0.15, 0.2) is 12.4 Å². The summed E-state index contributed by atoms with van der Waals surface area (Å²) in [6.07, 6.45) is 69.8. The first kappa shape index (κ1) is 77.3. The lowest BCUT2D eigenvalue weighted by atomic mass is 9.99. The van der Waals surface area contributed by atoms with E-state index in [1.165, 1.54) is 122 Å². The first-order valence-electron chi connectivity index (χ1n) is 33.7. The van der Waals surface area contributed by atoms with E-state index >= 15 is 0 Å². The minimum absolute atomic E-state index is 0.104. The van der Waals surface area contributed by atoms with Crippen LogP contribution in [0, 0.1) is 0 Å². The number of carbonyl (C=O) groups excluding carboxylic acids is 2. The monoisotopic (exact) mass is 1160 g/mol. The highest BCUT2D eigenvalue weighted by Gasteiger charge is 2.47. The predicted octanol–water partition coefficient (Wildman–Crippen LogP) is 16.8. The van der Waals surface area contributed by atoms with Crippen LogP contribution in [0.15, 0.2) is 109 Å². The third-order valence-corrected chi connectivity index (χ3v) is 15.2. The van der Waals surface area contributed by atoms with Crippen LogP contribution in [0.4, 0.5) is 0 Å². The van der Waals surface area contributed by atoms with E-state index in [-0.39, 0.29) is 19.4 Å². The Morgan fingerprint density at radius 1 is 0.470 bits per heavy atom. The highest BCUT2D eigenvalue weighted by Crippen LogP contribution is 2.26. The summed E-state index contributed by atoms with van der Waals surface area (Å²) >= 11 is 0. The maximum atomic E-state index is 13.4. The molecule has 6 N–H and O–H groups in total. The Morgan fingerprint density at radius 3 is 1.27 bits per heavy atom. The van der Waals surface area contributed by atoms with E-state index in [2.05, 4.69) is 111 Å². The van der Waals surface area contributed by atoms with Crippen molar-refractivity contribution in [1.82, 2.24) is 5.32 Å². The molecule has 8 unspecified atom stereocenters. The number of hydrogen-bond acceptors (Lipinski definition) is 10. The molecule has 8 atom stereocenters. The van der Waals surface area contributed by atoms with Crippen molar-refractivity contribution in [2.75, 3.05) is 13.2 Å². The second-order valence-corrected chi connectivity index (χ2v) is 22.8. The molecule has 1 amide bonds. The molecule has 1 saturated heterocycles. The minimum Gasteiger partial charge on any atom is -0.454 e. The second-order valence-electron chi connectivity index (χ2n) is 22.8. The van der Waals surface area contributed by atoms with Crippen molar-refractivity contribution >= 4 is 11.9 Å². The molecule has 0 aromatic heterocycles. The van der Waals surface area contributed by atoms with Crippen molar-refractivity contribution in [3.63, 3.8) is 0 Å². The fourth-order valence-electron chi connectivity index (χ4n) is 9.80. The Labute approximate surface area is 507 Å². The fraction of sp³-hybridized carbons (Fsp3) is 0.722. The van der Waals surface area contributed by atoms with Gasteiger partial charge in [-0.15, -0.1) is 0 Å². The van der Waals surface area contributed by atoms with E-state index in [0.717, 1.165) is 103 Å². The van der Waals surface area contributed by atoms with Gasteiger partial charge in [-0.3, -0.25) is 9.59 Å². The van der Waals surface area contributed by atoms with Gasteiger partial charge in [-0.25, -0.2) is 0 Å². The van der Waals surface area contributed by atoms with Gasteiger partial charge in [-0.1, -0.05) is 265 Å². The number of hydrogen-bond donors (Lipinski definition) is 6. The van der Waals surface area contributed by atoms with Crippen LogP contribution in [0.5, 0.6) is 0 Å². The second kappa shape index (κ2) is 58.7. The van der Waals surface area contributed by atoms with Crippen LogP contribution >= 0.6 is 0 Å². The van der Waals surface area contributed by atoms with Crippen molar-refractivity contribution in [3.8, 4) is 0 Å². The molecule has 11 nitrogen and oxygen atoms in total. The molecular formula is C72H123NO10. The lowest BCUT2D eigenvalue weighted by Gasteiger charge is -2.41. The maximum absolute atomic E-state index is 13.4. The zero-order chi connectivity index (χ0) is 60.3. The largest absolute Gasteiger partial charge is 0.454 e. The molecule has 83 heavy (non-hydrogen) atoms. The summed E-state index contributed by atoms with van der Waals surface area (Å²) in [5, 5.41) is 57.0. The van der Waals surface area contributed by atoms with Crippen LogP contribution in [0.2, 0.25) is 0 Å². The summed E-state index contributed by atoms with van der Waals surface area (Å²) < 4.78 is 17.6. The molecular weight excluding hydrogens is 1040 g/mol. The van der Waals surface area contributed by atoms with E-state index in [9.17, 15) is 35.1 Å². The van der Waals surface area contributed by atoms with Crippen LogP contribution in [-0.4, -0.2) is 99.6 Å². The molecule has 0 bridgehead atoms. The third kappa shape index (κ3) is 46.2. The summed E-state index contributed by atoms with van der Waals surface area (Å²) in [4.78, 5) is 26.6. The smallest absolute Gasteiger partial charge is 0.306 e. The molecule has 1 aliphatic heterocycles. The number of allylic oxidation sites excluding steroid dienone is 17. The standard InChI is InChI=1S/C72H123NO10/c1-4-7-10-13-16-19-22-25-27-29-30-31-32-33-34-35-36-37-39-42-45-48-51-54-57-60-67(77)83-70-69(79)68(78)66(61-74)82-72(70)81-62-63(64(75)58-55-52-49-46-43-40-24-21-18-15-12-9-6-3)73-71(80)65(76)59-56-53-50-47-44-41-38-28-26-23-20-17-14-11-8-5-2/h16-17,19-20,25-28,30-31,33-34,41,44,50,53,55,58,63-66,68-70,72,74-76,78-79H,4-15,18,21-24,29,32,35-40,42-43,45-49,51-52,54,56-57,59-62H2,1-3H3,(H,73,80)/b19-16-,20-17-,27-25-,28-26-,31-30-,34-33-,44-41-,53-50-,58-55+. The summed E-state index contributed by atoms with van der Waals surface area (Å²) in [6.45, 7) is 5.70. The van der Waals surface area contributed by atoms with Gasteiger partial charge >= 0.3 is 5.97 Å². The van der Waals surface area contributed by atoms with Gasteiger partial charge in [-0.05, 0) is 109 Å². The normalized spacial score (nSPS) is 19.3. The summed E-state index contributed by atoms with van der Waals surface area (Å²) in [7, 11) is 0. The van der Waals surface area contributed by atoms with Crippen LogP contribution in [0.3, 0.4) is 0 Å². The van der Waals surface area contributed by atoms with Gasteiger partial charge < -0.3 is 45.1 Å². The van der Waals surface area contributed by atoms with Crippen molar-refractivity contribution in [3.05, 3.63) is 109 Å². The van der Waals surface area contributed by atoms with Gasteiger partial charge in [0, 0.05) is 6.42 Å². The van der Waals surface area contributed by atoms with Gasteiger partial charge in [-0.2, -0.15) is 0 Å². The number of esters is 1. The zero-order valence-electron chi connectivity index (χ0n) is 52.8. The molecule has 476 valence electrons. The molecule has 0 spiro atoms. The minimum atomic E-state index is -1.63. The number of amides is 1. The molecule has 0 aromatic carbocycles. The first-order chi connectivity index (χ1) is 40.7. The lowest BCUT2D eigenvalue weighted by Crippen LogP contribution is -2.61. The molecule has 0 aromatic rings. The van der Waals surface area contributed by atoms with Crippen molar-refractivity contribution in [2.24, 2.45) is 0 Å². The quantitative estimate of drug-likeness (QED) is 0.0195. The highest BCUT2D eigenvalue weighted by molar-refractivity contribution is 5.80. The Kier molecular flexibility index (Phi) is 54.7. The average molecular weight is 1160 g/mol. The molecule has 0 radical (unpaired) electrons. The van der Waals surface area contributed by atoms with Crippen LogP contribution in [0.25, 0.3) is 0 Å². The number of rotatable bonds is 56. The number of aliphatic hydroxyl groups is 5. The Bertz CT molecular complexity index is 1770. The number of ether oxygens (including phenoxy) is 3. The first-order valence-corrected chi connectivity index (χ1v) is 33.7. The van der Waals surface area contributed by atoms with E-state index in [4.69, 9.17) is 14.2 Å². The van der Waals surface area contributed by atoms with Crippen LogP contribution in [0.1, 0.15) is 271 Å². The summed E-state index contributed by atoms with van der Waals surface area (Å²) in [6, 6.07) is -1.06. The molecule has 11 heteroatoms. The highest BCUT2D eigenvalue weighted by atomic mass is 16.7. The van der Waals surface area contributed by atoms with Gasteiger partial charge in [0.1, 0.15) is 24.4 Å². The van der Waals surface area contributed by atoms with Gasteiger partial charge in [0.25, 0.3) is 0 Å². The van der Waals surface area contributed by atoms with E-state index in [1.807, 2.05) is 18.2 Å². The Morgan fingerprint density at radius 2 is 0.831 bits per heavy atom. The van der Waals surface area contributed by atoms with Crippen molar-refractivity contribution in [2.45, 2.75) is 320 Å². The fourth-order valence-corrected chi connectivity index (χ4v) is 9.80. The number of carbonyl (C=O) groups is 2. The third-order valence-electron chi connectivity index (χ3n) is 15.2. The molecule has 0 aliphatic carbocycles. The maximum Gasteiger partial charge on any atom is 0.306 e. The number of aliphatic hydroxyl groups excluding tert-OH is 5. The van der Waals surface area contributed by atoms with Gasteiger partial charge in [0.2, 0.25) is 5.91 Å². The van der Waals surface area contributed by atoms with E-state index in [1.54, 1.807) is 6.08 Å². The van der Waals surface area contributed by atoms with Crippen molar-refractivity contribution < 1.29 is 49.3 Å². The molecule has 1 aliphatic rings. The molecule has 1 heterocycles. The topological polar surface area (TPSA) is 175 Å². The Hall–Kier alpha value is -3.68. The SMILES string of the molecule is CCCCC/C=C\C/C=C\C/C=C\C/C=C\CCCCCCCCCCCC(=O)OC1C(OCC(NC(=O)C(O)CC/C=C\C/C=C\C/C=C\C/C=C\CCCCC)C(O)/C=C/CCCCCCCCCCCCC)OC(CO)C(O)C1O. The molecule has 0 saturated carbocycles. The lowest BCUT2D eigenvalue weighted by molar-refractivity contribution is -0.305. The zero-order valence-corrected chi connectivity index (χ0v) is 52.8. The van der Waals surface area contributed by atoms with E-state index in [0.29, 0.717) is 12.8 Å². The Balaban J connectivity index is 2.65. The van der Waals surface area contributed by atoms with Gasteiger partial charge in [0.05, 0.1) is 25.4 Å². The molecule has 1 fully saturated rings. The molecule has 1 rings (SSSR count).